The van der Waals surface area contributed by atoms with Crippen molar-refractivity contribution in [3.8, 4) is 0 Å². The Labute approximate surface area is 98.5 Å². The van der Waals surface area contributed by atoms with Crippen molar-refractivity contribution in [3.05, 3.63) is 29.3 Å². The third kappa shape index (κ3) is 1.84. The van der Waals surface area contributed by atoms with Crippen LogP contribution in [0.15, 0.2) is 23.1 Å². The van der Waals surface area contributed by atoms with Crippen molar-refractivity contribution in [1.82, 2.24) is 0 Å². The number of hydrogen-bond donors (Lipinski definition) is 0. The summed E-state index contributed by atoms with van der Waals surface area (Å²) in [5, 5.41) is -0.0510. The molecule has 1 heterocycles. The highest BCUT2D eigenvalue weighted by Crippen LogP contribution is 2.29. The van der Waals surface area contributed by atoms with Gasteiger partial charge in [-0.15, -0.1) is 0 Å². The Kier molecular flexibility index (Phi) is 2.98. The topological polar surface area (TPSA) is 34.1 Å². The summed E-state index contributed by atoms with van der Waals surface area (Å²) >= 11 is 0. The lowest BCUT2D eigenvalue weighted by Gasteiger charge is -2.21. The van der Waals surface area contributed by atoms with Crippen LogP contribution >= 0.6 is 0 Å². The van der Waals surface area contributed by atoms with Crippen molar-refractivity contribution >= 4 is 16.6 Å². The summed E-state index contributed by atoms with van der Waals surface area (Å²) < 4.78 is 12.0. The van der Waals surface area contributed by atoms with Gasteiger partial charge in [0.15, 0.2) is 5.78 Å². The summed E-state index contributed by atoms with van der Waals surface area (Å²) in [4.78, 5) is 12.6. The first-order chi connectivity index (χ1) is 7.50. The third-order valence-electron chi connectivity index (χ3n) is 3.03. The molecular formula is C13H16O2S. The van der Waals surface area contributed by atoms with Crippen LogP contribution in [0.5, 0.6) is 0 Å². The molecule has 2 unspecified atom stereocenters. The van der Waals surface area contributed by atoms with Crippen molar-refractivity contribution in [3.63, 3.8) is 0 Å². The van der Waals surface area contributed by atoms with E-state index in [2.05, 4.69) is 13.8 Å². The van der Waals surface area contributed by atoms with Crippen LogP contribution in [0.25, 0.3) is 0 Å². The van der Waals surface area contributed by atoms with Crippen LogP contribution in [0.3, 0.4) is 0 Å². The number of Topliss-reactive ketones (excluding diaryl/α,β-unsaturated/α-hetero) is 1. The Morgan fingerprint density at radius 2 is 2.06 bits per heavy atom. The number of benzene rings is 1. The molecule has 0 N–H and O–H groups in total. The summed E-state index contributed by atoms with van der Waals surface area (Å²) in [5.41, 5.74) is 1.81. The summed E-state index contributed by atoms with van der Waals surface area (Å²) in [6.07, 6.45) is 0.404. The highest BCUT2D eigenvalue weighted by atomic mass is 32.2. The smallest absolute Gasteiger partial charge is 0.165 e. The van der Waals surface area contributed by atoms with Crippen LogP contribution < -0.4 is 0 Å². The molecule has 2 nitrogen and oxygen atoms in total. The second kappa shape index (κ2) is 4.13. The summed E-state index contributed by atoms with van der Waals surface area (Å²) in [7, 11) is -1.02. The zero-order chi connectivity index (χ0) is 11.9. The molecule has 0 radical (unpaired) electrons. The molecule has 0 aliphatic carbocycles. The van der Waals surface area contributed by atoms with E-state index in [1.54, 1.807) is 0 Å². The fourth-order valence-electron chi connectivity index (χ4n) is 1.96. The highest BCUT2D eigenvalue weighted by Gasteiger charge is 2.28. The normalized spacial score (nSPS) is 24.6. The summed E-state index contributed by atoms with van der Waals surface area (Å²) in [6, 6.07) is 5.74. The van der Waals surface area contributed by atoms with Gasteiger partial charge in [-0.2, -0.15) is 0 Å². The quantitative estimate of drug-likeness (QED) is 0.751. The standard InChI is InChI=1S/C13H16O2S/c1-8(2)10-4-5-13-11(7-10)12(14)6-9(3)16(13)15/h4-5,7-9H,6H2,1-3H3. The van der Waals surface area contributed by atoms with Crippen LogP contribution in [0.2, 0.25) is 0 Å². The minimum atomic E-state index is -1.02. The monoisotopic (exact) mass is 236 g/mol. The number of fused-ring (bicyclic) bond motifs is 1. The van der Waals surface area contributed by atoms with Gasteiger partial charge < -0.3 is 0 Å². The molecule has 0 amide bonds. The van der Waals surface area contributed by atoms with E-state index < -0.39 is 10.8 Å². The Bertz CT molecular complexity index is 463. The molecule has 0 bridgehead atoms. The molecule has 1 aliphatic rings. The molecule has 3 heteroatoms. The maximum Gasteiger partial charge on any atom is 0.165 e. The van der Waals surface area contributed by atoms with E-state index >= 15 is 0 Å². The maximum atomic E-state index is 12.0. The van der Waals surface area contributed by atoms with Crippen LogP contribution in [-0.2, 0) is 10.8 Å². The van der Waals surface area contributed by atoms with Crippen molar-refractivity contribution < 1.29 is 9.00 Å². The molecule has 2 atom stereocenters. The molecule has 1 aromatic rings. The SMILES string of the molecule is CC(C)c1ccc2c(c1)C(=O)CC(C)S2=O. The average molecular weight is 236 g/mol. The predicted molar refractivity (Wildman–Crippen MR) is 65.3 cm³/mol. The van der Waals surface area contributed by atoms with E-state index in [0.717, 1.165) is 5.56 Å². The van der Waals surface area contributed by atoms with Gasteiger partial charge in [0, 0.05) is 22.1 Å². The maximum absolute atomic E-state index is 12.0. The lowest BCUT2D eigenvalue weighted by molar-refractivity contribution is 0.0977. The molecule has 0 saturated heterocycles. The third-order valence-corrected chi connectivity index (χ3v) is 4.71. The van der Waals surface area contributed by atoms with E-state index in [4.69, 9.17) is 0 Å². The van der Waals surface area contributed by atoms with Crippen LogP contribution in [0.4, 0.5) is 0 Å². The zero-order valence-corrected chi connectivity index (χ0v) is 10.6. The summed E-state index contributed by atoms with van der Waals surface area (Å²) in [5.74, 6) is 0.524. The van der Waals surface area contributed by atoms with E-state index in [-0.39, 0.29) is 11.0 Å². The molecule has 0 fully saturated rings. The zero-order valence-electron chi connectivity index (χ0n) is 9.82. The van der Waals surface area contributed by atoms with Crippen molar-refractivity contribution in [1.29, 1.82) is 0 Å². The number of carbonyl (C=O) groups excluding carboxylic acids is 1. The lowest BCUT2D eigenvalue weighted by Crippen LogP contribution is -2.24. The highest BCUT2D eigenvalue weighted by molar-refractivity contribution is 7.86. The van der Waals surface area contributed by atoms with Gasteiger partial charge in [0.05, 0.1) is 10.8 Å². The second-order valence-electron chi connectivity index (χ2n) is 4.65. The molecule has 16 heavy (non-hydrogen) atoms. The first-order valence-electron chi connectivity index (χ1n) is 5.58. The van der Waals surface area contributed by atoms with Gasteiger partial charge in [-0.25, -0.2) is 0 Å². The largest absolute Gasteiger partial charge is 0.294 e. The van der Waals surface area contributed by atoms with Gasteiger partial charge in [0.2, 0.25) is 0 Å². The first kappa shape index (κ1) is 11.5. The van der Waals surface area contributed by atoms with E-state index in [1.807, 2.05) is 25.1 Å². The van der Waals surface area contributed by atoms with Crippen molar-refractivity contribution in [2.24, 2.45) is 0 Å². The Hall–Kier alpha value is -0.960. The van der Waals surface area contributed by atoms with Crippen LogP contribution in [0, 0.1) is 0 Å². The predicted octanol–water partition coefficient (Wildman–Crippen LogP) is 2.89. The van der Waals surface area contributed by atoms with Gasteiger partial charge in [-0.1, -0.05) is 26.8 Å². The molecule has 0 saturated carbocycles. The first-order valence-corrected chi connectivity index (χ1v) is 6.79. The number of ketones is 1. The minimum Gasteiger partial charge on any atom is -0.294 e. The molecule has 0 spiro atoms. The molecule has 2 rings (SSSR count). The molecule has 1 aliphatic heterocycles. The molecule has 0 aromatic heterocycles. The van der Waals surface area contributed by atoms with Gasteiger partial charge >= 0.3 is 0 Å². The number of carbonyl (C=O) groups is 1. The van der Waals surface area contributed by atoms with Crippen LogP contribution in [-0.4, -0.2) is 15.2 Å². The number of rotatable bonds is 1. The van der Waals surface area contributed by atoms with Gasteiger partial charge in [-0.05, 0) is 23.6 Å². The fourth-order valence-corrected chi connectivity index (χ4v) is 3.29. The van der Waals surface area contributed by atoms with Gasteiger partial charge in [0.1, 0.15) is 0 Å². The number of hydrogen-bond acceptors (Lipinski definition) is 2. The fraction of sp³-hybridized carbons (Fsp3) is 0.462. The minimum absolute atomic E-state index is 0.0510. The lowest BCUT2D eigenvalue weighted by atomic mass is 9.97. The van der Waals surface area contributed by atoms with Crippen LogP contribution in [0.1, 0.15) is 49.0 Å². The van der Waals surface area contributed by atoms with E-state index in [0.29, 0.717) is 22.8 Å². The Morgan fingerprint density at radius 3 is 2.69 bits per heavy atom. The Morgan fingerprint density at radius 1 is 1.38 bits per heavy atom. The van der Waals surface area contributed by atoms with E-state index in [9.17, 15) is 9.00 Å². The Balaban J connectivity index is 2.54. The van der Waals surface area contributed by atoms with Crippen molar-refractivity contribution in [2.75, 3.05) is 0 Å². The second-order valence-corrected chi connectivity index (χ2v) is 6.49. The van der Waals surface area contributed by atoms with Crippen molar-refractivity contribution in [2.45, 2.75) is 43.3 Å². The molecular weight excluding hydrogens is 220 g/mol. The molecule has 86 valence electrons. The average Bonchev–Trinajstić information content (AvgIpc) is 2.25. The molecule has 1 aromatic carbocycles. The van der Waals surface area contributed by atoms with Gasteiger partial charge in [-0.3, -0.25) is 9.00 Å². The summed E-state index contributed by atoms with van der Waals surface area (Å²) in [6.45, 7) is 6.05. The van der Waals surface area contributed by atoms with E-state index in [1.165, 1.54) is 0 Å². The van der Waals surface area contributed by atoms with Gasteiger partial charge in [0.25, 0.3) is 0 Å².